The number of aromatic amines is 1. The molecule has 0 aliphatic heterocycles. The molecule has 0 saturated carbocycles. The third-order valence-corrected chi connectivity index (χ3v) is 4.09. The number of guanidine groups is 1. The molecule has 120 valence electrons. The molecule has 1 heterocycles. The van der Waals surface area contributed by atoms with Crippen LogP contribution >= 0.6 is 0 Å². The number of nitrogens with zero attached hydrogens (tertiary/aromatic N) is 2. The van der Waals surface area contributed by atoms with Crippen LogP contribution in [0.5, 0.6) is 0 Å². The van der Waals surface area contributed by atoms with Gasteiger partial charge in [-0.2, -0.15) is 0 Å². The molecule has 4 nitrogen and oxygen atoms in total. The summed E-state index contributed by atoms with van der Waals surface area (Å²) in [6.45, 7) is 6.32. The highest BCUT2D eigenvalue weighted by atomic mass is 15.3. The monoisotopic (exact) mass is 300 g/mol. The highest BCUT2D eigenvalue weighted by molar-refractivity contribution is 5.86. The highest BCUT2D eigenvalue weighted by Gasteiger charge is 2.08. The SMILES string of the molecule is CCCCN(C)C(=NC)NCCc1c[nH]c2cccc(C)c12. The first-order chi connectivity index (χ1) is 10.7. The van der Waals surface area contributed by atoms with E-state index in [1.165, 1.54) is 34.9 Å². The smallest absolute Gasteiger partial charge is 0.193 e. The molecular formula is C18H28N4. The van der Waals surface area contributed by atoms with Crippen LogP contribution in [0.3, 0.4) is 0 Å². The molecule has 0 radical (unpaired) electrons. The van der Waals surface area contributed by atoms with Gasteiger partial charge in [0, 0.05) is 44.3 Å². The van der Waals surface area contributed by atoms with Gasteiger partial charge in [0.25, 0.3) is 0 Å². The van der Waals surface area contributed by atoms with Crippen molar-refractivity contribution < 1.29 is 0 Å². The summed E-state index contributed by atoms with van der Waals surface area (Å²) in [6.07, 6.45) is 5.52. The zero-order valence-corrected chi connectivity index (χ0v) is 14.2. The topological polar surface area (TPSA) is 43.4 Å². The van der Waals surface area contributed by atoms with E-state index in [0.717, 1.165) is 25.5 Å². The Labute approximate surface area is 133 Å². The Hall–Kier alpha value is -1.97. The number of nitrogens with one attached hydrogen (secondary N) is 2. The Kier molecular flexibility index (Phi) is 5.87. The lowest BCUT2D eigenvalue weighted by atomic mass is 10.1. The van der Waals surface area contributed by atoms with E-state index < -0.39 is 0 Å². The number of rotatable bonds is 6. The first-order valence-electron chi connectivity index (χ1n) is 8.14. The van der Waals surface area contributed by atoms with Gasteiger partial charge in [-0.05, 0) is 37.0 Å². The van der Waals surface area contributed by atoms with E-state index in [9.17, 15) is 0 Å². The Balaban J connectivity index is 1.94. The second kappa shape index (κ2) is 7.87. The predicted octanol–water partition coefficient (Wildman–Crippen LogP) is 3.33. The molecule has 0 aliphatic rings. The first kappa shape index (κ1) is 16.4. The lowest BCUT2D eigenvalue weighted by molar-refractivity contribution is 0.465. The van der Waals surface area contributed by atoms with Crippen LogP contribution in [-0.4, -0.2) is 43.0 Å². The Morgan fingerprint density at radius 3 is 2.91 bits per heavy atom. The summed E-state index contributed by atoms with van der Waals surface area (Å²) in [6, 6.07) is 6.40. The molecule has 4 heteroatoms. The minimum absolute atomic E-state index is 0.893. The molecule has 0 bridgehead atoms. The number of fused-ring (bicyclic) bond motifs is 1. The summed E-state index contributed by atoms with van der Waals surface area (Å²) in [5, 5.41) is 4.82. The summed E-state index contributed by atoms with van der Waals surface area (Å²) in [5.41, 5.74) is 3.92. The predicted molar refractivity (Wildman–Crippen MR) is 95.6 cm³/mol. The first-order valence-corrected chi connectivity index (χ1v) is 8.14. The van der Waals surface area contributed by atoms with E-state index in [-0.39, 0.29) is 0 Å². The van der Waals surface area contributed by atoms with Crippen LogP contribution < -0.4 is 5.32 Å². The fraction of sp³-hybridized carbons (Fsp3) is 0.500. The van der Waals surface area contributed by atoms with Gasteiger partial charge >= 0.3 is 0 Å². The molecule has 1 aromatic heterocycles. The average molecular weight is 300 g/mol. The third-order valence-electron chi connectivity index (χ3n) is 4.09. The zero-order valence-electron chi connectivity index (χ0n) is 14.2. The molecule has 0 spiro atoms. The van der Waals surface area contributed by atoms with Crippen molar-refractivity contribution in [2.45, 2.75) is 33.1 Å². The van der Waals surface area contributed by atoms with Gasteiger partial charge in [0.05, 0.1) is 0 Å². The largest absolute Gasteiger partial charge is 0.361 e. The number of benzene rings is 1. The molecule has 0 aliphatic carbocycles. The van der Waals surface area contributed by atoms with Crippen molar-refractivity contribution in [2.75, 3.05) is 27.2 Å². The summed E-state index contributed by atoms with van der Waals surface area (Å²) >= 11 is 0. The van der Waals surface area contributed by atoms with Crippen LogP contribution in [0.15, 0.2) is 29.4 Å². The normalized spacial score (nSPS) is 11.9. The maximum absolute atomic E-state index is 4.36. The number of aryl methyl sites for hydroxylation is 1. The Morgan fingerprint density at radius 1 is 1.36 bits per heavy atom. The van der Waals surface area contributed by atoms with Gasteiger partial charge in [-0.1, -0.05) is 25.5 Å². The van der Waals surface area contributed by atoms with Crippen LogP contribution in [-0.2, 0) is 6.42 Å². The van der Waals surface area contributed by atoms with E-state index in [4.69, 9.17) is 0 Å². The Morgan fingerprint density at radius 2 is 2.18 bits per heavy atom. The molecule has 1 aromatic carbocycles. The van der Waals surface area contributed by atoms with Crippen molar-refractivity contribution in [1.29, 1.82) is 0 Å². The van der Waals surface area contributed by atoms with Crippen LogP contribution in [0.2, 0.25) is 0 Å². The van der Waals surface area contributed by atoms with E-state index in [1.54, 1.807) is 0 Å². The molecule has 0 amide bonds. The standard InChI is InChI=1S/C18H28N4/c1-5-6-12-22(4)18(19-3)20-11-10-15-13-21-16-9-7-8-14(2)17(15)16/h7-9,13,21H,5-6,10-12H2,1-4H3,(H,19,20). The molecule has 2 rings (SSSR count). The van der Waals surface area contributed by atoms with E-state index in [2.05, 4.69) is 65.5 Å². The quantitative estimate of drug-likeness (QED) is 0.635. The molecule has 2 aromatic rings. The molecule has 0 unspecified atom stereocenters. The Bertz CT molecular complexity index is 627. The van der Waals surface area contributed by atoms with Crippen molar-refractivity contribution in [3.8, 4) is 0 Å². The van der Waals surface area contributed by atoms with Gasteiger partial charge < -0.3 is 15.2 Å². The molecule has 0 fully saturated rings. The van der Waals surface area contributed by atoms with Gasteiger partial charge in [0.15, 0.2) is 5.96 Å². The van der Waals surface area contributed by atoms with Crippen LogP contribution in [0, 0.1) is 6.92 Å². The van der Waals surface area contributed by atoms with Crippen molar-refractivity contribution in [3.05, 3.63) is 35.5 Å². The number of hydrogen-bond donors (Lipinski definition) is 2. The van der Waals surface area contributed by atoms with E-state index >= 15 is 0 Å². The molecule has 22 heavy (non-hydrogen) atoms. The lowest BCUT2D eigenvalue weighted by Gasteiger charge is -2.21. The molecular weight excluding hydrogens is 272 g/mol. The summed E-state index contributed by atoms with van der Waals surface area (Å²) in [7, 11) is 3.95. The number of H-pyrrole nitrogens is 1. The van der Waals surface area contributed by atoms with Crippen LogP contribution in [0.4, 0.5) is 0 Å². The van der Waals surface area contributed by atoms with E-state index in [1.807, 2.05) is 7.05 Å². The van der Waals surface area contributed by atoms with Crippen molar-refractivity contribution in [3.63, 3.8) is 0 Å². The maximum Gasteiger partial charge on any atom is 0.193 e. The van der Waals surface area contributed by atoms with Gasteiger partial charge in [-0.3, -0.25) is 4.99 Å². The second-order valence-corrected chi connectivity index (χ2v) is 5.81. The highest BCUT2D eigenvalue weighted by Crippen LogP contribution is 2.22. The summed E-state index contributed by atoms with van der Waals surface area (Å²) < 4.78 is 0. The van der Waals surface area contributed by atoms with Gasteiger partial charge in [0.2, 0.25) is 0 Å². The zero-order chi connectivity index (χ0) is 15.9. The minimum Gasteiger partial charge on any atom is -0.361 e. The number of hydrogen-bond acceptors (Lipinski definition) is 1. The fourth-order valence-electron chi connectivity index (χ4n) is 2.84. The number of aliphatic imine (C=N–C) groups is 1. The third kappa shape index (κ3) is 3.81. The maximum atomic E-state index is 4.36. The average Bonchev–Trinajstić information content (AvgIpc) is 2.94. The number of unbranched alkanes of at least 4 members (excludes halogenated alkanes) is 1. The minimum atomic E-state index is 0.893. The second-order valence-electron chi connectivity index (χ2n) is 5.81. The molecule has 0 atom stereocenters. The van der Waals surface area contributed by atoms with Crippen molar-refractivity contribution in [1.82, 2.24) is 15.2 Å². The van der Waals surface area contributed by atoms with E-state index in [0.29, 0.717) is 0 Å². The van der Waals surface area contributed by atoms with Crippen molar-refractivity contribution in [2.24, 2.45) is 4.99 Å². The lowest BCUT2D eigenvalue weighted by Crippen LogP contribution is -2.40. The van der Waals surface area contributed by atoms with Gasteiger partial charge in [-0.15, -0.1) is 0 Å². The van der Waals surface area contributed by atoms with Gasteiger partial charge in [-0.25, -0.2) is 0 Å². The van der Waals surface area contributed by atoms with Gasteiger partial charge in [0.1, 0.15) is 0 Å². The molecule has 2 N–H and O–H groups in total. The van der Waals surface area contributed by atoms with Crippen LogP contribution in [0.25, 0.3) is 10.9 Å². The fourth-order valence-corrected chi connectivity index (χ4v) is 2.84. The summed E-state index contributed by atoms with van der Waals surface area (Å²) in [4.78, 5) is 9.92. The number of aromatic nitrogens is 1. The van der Waals surface area contributed by atoms with Crippen molar-refractivity contribution >= 4 is 16.9 Å². The molecule has 0 saturated heterocycles. The van der Waals surface area contributed by atoms with Crippen LogP contribution in [0.1, 0.15) is 30.9 Å². The summed E-state index contributed by atoms with van der Waals surface area (Å²) in [5.74, 6) is 0.977.